The van der Waals surface area contributed by atoms with Gasteiger partial charge in [0.1, 0.15) is 11.4 Å². The van der Waals surface area contributed by atoms with Crippen LogP contribution in [0.15, 0.2) is 53.7 Å². The number of aryl methyl sites for hydroxylation is 1. The molecule has 3 aliphatic rings. The number of hydrogen-bond donors (Lipinski definition) is 1. The average molecular weight is 511 g/mol. The highest BCUT2D eigenvalue weighted by Crippen LogP contribution is 2.57. The highest BCUT2D eigenvalue weighted by molar-refractivity contribution is 7.85. The molecular formula is C28H28F2N2O3S. The summed E-state index contributed by atoms with van der Waals surface area (Å²) in [5.74, 6) is 1.07. The van der Waals surface area contributed by atoms with Gasteiger partial charge in [-0.05, 0) is 86.1 Å². The molecule has 1 N–H and O–H groups in total. The predicted molar refractivity (Wildman–Crippen MR) is 132 cm³/mol. The zero-order valence-electron chi connectivity index (χ0n) is 20.2. The van der Waals surface area contributed by atoms with E-state index < -0.39 is 23.0 Å². The highest BCUT2D eigenvalue weighted by atomic mass is 32.2. The van der Waals surface area contributed by atoms with E-state index in [1.807, 2.05) is 6.07 Å². The number of halogens is 2. The second-order valence-electron chi connectivity index (χ2n) is 10.6. The van der Waals surface area contributed by atoms with Gasteiger partial charge in [-0.2, -0.15) is 8.78 Å². The smallest absolute Gasteiger partial charge is 0.387 e. The maximum Gasteiger partial charge on any atom is 0.387 e. The Kier molecular flexibility index (Phi) is 5.72. The zero-order valence-corrected chi connectivity index (χ0v) is 21.0. The molecule has 2 aliphatic carbocycles. The quantitative estimate of drug-likeness (QED) is 0.511. The van der Waals surface area contributed by atoms with Gasteiger partial charge in [0.15, 0.2) is 5.82 Å². The molecule has 2 bridgehead atoms. The maximum atomic E-state index is 13.5. The standard InChI is InChI=1S/C28H28F2N2O3S/c1-28(2,33)26-31-13-18(14-32-26)16-7-6-15-8-9-19-20(11-17(15)10-16)21-12-24(19)36(34)23-5-3-4-22(25(21)23)35-27(29)30/h3-7,10,13-14,19-21,24,27,33H,8-9,11-12H2,1-2H3/t19?,20-,21+,24+,36?/m0/s1. The SMILES string of the molecule is CC(C)(O)c1ncc(-c2ccc3c(c2)C[C@H]2C(CC3)[C@H]3C[C@H]2c2c(OC(F)F)cccc2S3=O)cn1. The van der Waals surface area contributed by atoms with Gasteiger partial charge in [0.2, 0.25) is 0 Å². The molecule has 188 valence electrons. The molecule has 36 heavy (non-hydrogen) atoms. The van der Waals surface area contributed by atoms with Crippen LogP contribution in [-0.4, -0.2) is 31.1 Å². The Morgan fingerprint density at radius 2 is 1.86 bits per heavy atom. The van der Waals surface area contributed by atoms with E-state index in [1.54, 1.807) is 38.4 Å². The largest absolute Gasteiger partial charge is 0.434 e. The second-order valence-corrected chi connectivity index (χ2v) is 12.3. The Labute approximate surface area is 211 Å². The van der Waals surface area contributed by atoms with Gasteiger partial charge >= 0.3 is 6.61 Å². The van der Waals surface area contributed by atoms with E-state index in [4.69, 9.17) is 4.74 Å². The van der Waals surface area contributed by atoms with Crippen molar-refractivity contribution in [2.45, 2.75) is 67.8 Å². The molecule has 5 nitrogen and oxygen atoms in total. The third kappa shape index (κ3) is 3.95. The number of benzene rings is 2. The molecule has 2 aromatic carbocycles. The molecule has 1 fully saturated rings. The van der Waals surface area contributed by atoms with Crippen LogP contribution in [-0.2, 0) is 29.2 Å². The van der Waals surface area contributed by atoms with Crippen LogP contribution in [0.1, 0.15) is 55.1 Å². The van der Waals surface area contributed by atoms with Crippen LogP contribution in [0, 0.1) is 11.8 Å². The molecule has 6 rings (SSSR count). The molecule has 0 amide bonds. The normalized spacial score (nSPS) is 26.7. The summed E-state index contributed by atoms with van der Waals surface area (Å²) in [5.41, 5.74) is 4.00. The number of fused-ring (bicyclic) bond motifs is 8. The fraction of sp³-hybridized carbons (Fsp3) is 0.429. The topological polar surface area (TPSA) is 72.3 Å². The predicted octanol–water partition coefficient (Wildman–Crippen LogP) is 5.37. The van der Waals surface area contributed by atoms with Gasteiger partial charge in [0.05, 0.1) is 10.8 Å². The van der Waals surface area contributed by atoms with Crippen LogP contribution in [0.5, 0.6) is 5.75 Å². The van der Waals surface area contributed by atoms with Gasteiger partial charge in [-0.1, -0.05) is 24.3 Å². The molecule has 5 atom stereocenters. The maximum absolute atomic E-state index is 13.5. The summed E-state index contributed by atoms with van der Waals surface area (Å²) in [6.45, 7) is 0.394. The summed E-state index contributed by atoms with van der Waals surface area (Å²) in [5, 5.41) is 10.2. The molecule has 1 aromatic heterocycles. The summed E-state index contributed by atoms with van der Waals surface area (Å²) in [7, 11) is -1.23. The third-order valence-corrected chi connectivity index (χ3v) is 9.96. The van der Waals surface area contributed by atoms with Crippen LogP contribution in [0.2, 0.25) is 0 Å². The molecule has 8 heteroatoms. The van der Waals surface area contributed by atoms with E-state index in [2.05, 4.69) is 28.2 Å². The first-order chi connectivity index (χ1) is 17.2. The van der Waals surface area contributed by atoms with Crippen molar-refractivity contribution in [1.29, 1.82) is 0 Å². The van der Waals surface area contributed by atoms with Crippen LogP contribution in [0.3, 0.4) is 0 Å². The summed E-state index contributed by atoms with van der Waals surface area (Å²) in [6, 6.07) is 11.5. The summed E-state index contributed by atoms with van der Waals surface area (Å²) in [4.78, 5) is 9.37. The Hall–Kier alpha value is -2.71. The lowest BCUT2D eigenvalue weighted by Crippen LogP contribution is -2.24. The van der Waals surface area contributed by atoms with Crippen molar-refractivity contribution in [2.24, 2.45) is 11.8 Å². The molecular weight excluding hydrogens is 482 g/mol. The number of alkyl halides is 2. The van der Waals surface area contributed by atoms with Gasteiger partial charge in [-0.15, -0.1) is 0 Å². The van der Waals surface area contributed by atoms with Crippen molar-refractivity contribution < 1.29 is 22.8 Å². The first-order valence-corrected chi connectivity index (χ1v) is 13.6. The van der Waals surface area contributed by atoms with E-state index >= 15 is 0 Å². The second kappa shape index (κ2) is 8.70. The van der Waals surface area contributed by atoms with E-state index in [-0.39, 0.29) is 28.8 Å². The highest BCUT2D eigenvalue weighted by Gasteiger charge is 2.52. The lowest BCUT2D eigenvalue weighted by atomic mass is 9.80. The van der Waals surface area contributed by atoms with Gasteiger partial charge in [-0.25, -0.2) is 9.97 Å². The fourth-order valence-corrected chi connectivity index (χ4v) is 8.53. The van der Waals surface area contributed by atoms with E-state index in [1.165, 1.54) is 11.1 Å². The molecule has 1 saturated carbocycles. The lowest BCUT2D eigenvalue weighted by molar-refractivity contribution is -0.0509. The molecule has 0 spiro atoms. The zero-order chi connectivity index (χ0) is 25.2. The minimum Gasteiger partial charge on any atom is -0.434 e. The van der Waals surface area contributed by atoms with E-state index in [0.717, 1.165) is 42.4 Å². The molecule has 1 aliphatic heterocycles. The number of aliphatic hydroxyl groups is 1. The Morgan fingerprint density at radius 3 is 2.58 bits per heavy atom. The lowest BCUT2D eigenvalue weighted by Gasteiger charge is -2.27. The average Bonchev–Trinajstić information content (AvgIpc) is 3.02. The number of nitrogens with zero attached hydrogens (tertiary/aromatic N) is 2. The Balaban J connectivity index is 1.36. The van der Waals surface area contributed by atoms with Crippen molar-refractivity contribution in [3.63, 3.8) is 0 Å². The van der Waals surface area contributed by atoms with Gasteiger partial charge < -0.3 is 9.84 Å². The minimum atomic E-state index is -2.91. The molecule has 2 unspecified atom stereocenters. The fourth-order valence-electron chi connectivity index (χ4n) is 6.48. The molecule has 2 heterocycles. The van der Waals surface area contributed by atoms with Gasteiger partial charge in [-0.3, -0.25) is 4.21 Å². The Bertz CT molecular complexity index is 1340. The van der Waals surface area contributed by atoms with Crippen LogP contribution >= 0.6 is 0 Å². The Morgan fingerprint density at radius 1 is 1.08 bits per heavy atom. The van der Waals surface area contributed by atoms with Crippen LogP contribution in [0.4, 0.5) is 8.78 Å². The number of hydrogen-bond acceptors (Lipinski definition) is 5. The summed E-state index contributed by atoms with van der Waals surface area (Å²) >= 11 is 0. The number of rotatable bonds is 4. The van der Waals surface area contributed by atoms with E-state index in [0.29, 0.717) is 10.7 Å². The first kappa shape index (κ1) is 23.7. The van der Waals surface area contributed by atoms with Crippen LogP contribution < -0.4 is 4.74 Å². The number of ether oxygens (including phenoxy) is 1. The first-order valence-electron chi connectivity index (χ1n) is 12.4. The van der Waals surface area contributed by atoms with Crippen molar-refractivity contribution in [1.82, 2.24) is 9.97 Å². The van der Waals surface area contributed by atoms with Gasteiger partial charge in [0, 0.05) is 33.7 Å². The van der Waals surface area contributed by atoms with Crippen LogP contribution in [0.25, 0.3) is 11.1 Å². The monoisotopic (exact) mass is 510 g/mol. The van der Waals surface area contributed by atoms with Crippen molar-refractivity contribution in [2.75, 3.05) is 0 Å². The molecule has 0 radical (unpaired) electrons. The van der Waals surface area contributed by atoms with Gasteiger partial charge in [0.25, 0.3) is 0 Å². The minimum absolute atomic E-state index is 0.0471. The van der Waals surface area contributed by atoms with Crippen molar-refractivity contribution in [3.05, 3.63) is 71.3 Å². The number of aromatic nitrogens is 2. The summed E-state index contributed by atoms with van der Waals surface area (Å²) in [6.07, 6.45) is 6.86. The van der Waals surface area contributed by atoms with Crippen molar-refractivity contribution >= 4 is 10.8 Å². The molecule has 3 aromatic rings. The van der Waals surface area contributed by atoms with E-state index in [9.17, 15) is 18.1 Å². The molecule has 0 saturated heterocycles. The third-order valence-electron chi connectivity index (χ3n) is 8.08. The van der Waals surface area contributed by atoms with Crippen molar-refractivity contribution in [3.8, 4) is 16.9 Å². The summed E-state index contributed by atoms with van der Waals surface area (Å²) < 4.78 is 44.8.